The maximum atomic E-state index is 13.7. The van der Waals surface area contributed by atoms with Gasteiger partial charge in [0.1, 0.15) is 17.5 Å². The van der Waals surface area contributed by atoms with Crippen LogP contribution in [0.3, 0.4) is 0 Å². The van der Waals surface area contributed by atoms with Gasteiger partial charge in [0.2, 0.25) is 5.91 Å². The van der Waals surface area contributed by atoms with E-state index < -0.39 is 17.5 Å². The Morgan fingerprint density at radius 3 is 2.53 bits per heavy atom. The van der Waals surface area contributed by atoms with Gasteiger partial charge in [-0.1, -0.05) is 18.2 Å². The highest BCUT2D eigenvalue weighted by molar-refractivity contribution is 6.03. The number of nitrogens with zero attached hydrogens (tertiary/aromatic N) is 1. The molecule has 0 bridgehead atoms. The third-order valence-electron chi connectivity index (χ3n) is 4.96. The van der Waals surface area contributed by atoms with Gasteiger partial charge >= 0.3 is 0 Å². The smallest absolute Gasteiger partial charge is 0.251 e. The fraction of sp³-hybridized carbons (Fsp3) is 0.130. The second-order valence-corrected chi connectivity index (χ2v) is 7.05. The number of benzene rings is 3. The van der Waals surface area contributed by atoms with E-state index in [9.17, 15) is 22.8 Å². The number of carbonyl (C=O) groups is 2. The van der Waals surface area contributed by atoms with E-state index in [4.69, 9.17) is 0 Å². The van der Waals surface area contributed by atoms with Crippen LogP contribution in [0.25, 0.3) is 0 Å². The van der Waals surface area contributed by atoms with Crippen molar-refractivity contribution >= 4 is 17.5 Å². The van der Waals surface area contributed by atoms with Crippen LogP contribution in [0.15, 0.2) is 60.7 Å². The number of anilines is 1. The summed E-state index contributed by atoms with van der Waals surface area (Å²) in [5.41, 5.74) is 2.53. The normalized spacial score (nSPS) is 12.8. The molecule has 0 unspecified atom stereocenters. The summed E-state index contributed by atoms with van der Waals surface area (Å²) < 4.78 is 40.1. The maximum absolute atomic E-state index is 13.7. The molecule has 4 rings (SSSR count). The largest absolute Gasteiger partial charge is 0.348 e. The lowest BCUT2D eigenvalue weighted by molar-refractivity contribution is -0.117. The Labute approximate surface area is 170 Å². The van der Waals surface area contributed by atoms with Crippen LogP contribution >= 0.6 is 0 Å². The standard InChI is InChI=1S/C23H17F3N2O2/c24-18-3-1-2-14(8-18)13-28-21-7-5-15(9-17(21)10-22(28)29)23(30)27-12-16-4-6-19(25)11-20(16)26/h1-9,11H,10,12-13H2,(H,27,30). The van der Waals surface area contributed by atoms with Crippen LogP contribution in [0.5, 0.6) is 0 Å². The Morgan fingerprint density at radius 1 is 0.967 bits per heavy atom. The number of halogens is 3. The molecule has 0 radical (unpaired) electrons. The number of nitrogens with one attached hydrogen (secondary N) is 1. The lowest BCUT2D eigenvalue weighted by atomic mass is 10.1. The molecule has 30 heavy (non-hydrogen) atoms. The average molecular weight is 410 g/mol. The van der Waals surface area contributed by atoms with Crippen molar-refractivity contribution in [2.75, 3.05) is 4.90 Å². The van der Waals surface area contributed by atoms with Gasteiger partial charge < -0.3 is 10.2 Å². The molecule has 0 aromatic heterocycles. The summed E-state index contributed by atoms with van der Waals surface area (Å²) >= 11 is 0. The predicted octanol–water partition coefficient (Wildman–Crippen LogP) is 4.12. The highest BCUT2D eigenvalue weighted by atomic mass is 19.1. The molecule has 1 aliphatic rings. The van der Waals surface area contributed by atoms with E-state index in [0.717, 1.165) is 12.1 Å². The molecule has 0 fully saturated rings. The Bertz CT molecular complexity index is 1150. The fourth-order valence-corrected chi connectivity index (χ4v) is 3.46. The number of hydrogen-bond donors (Lipinski definition) is 1. The van der Waals surface area contributed by atoms with Crippen molar-refractivity contribution in [3.8, 4) is 0 Å². The summed E-state index contributed by atoms with van der Waals surface area (Å²) in [4.78, 5) is 26.4. The molecular formula is C23H17F3N2O2. The molecular weight excluding hydrogens is 393 g/mol. The minimum Gasteiger partial charge on any atom is -0.348 e. The third kappa shape index (κ3) is 4.05. The summed E-state index contributed by atoms with van der Waals surface area (Å²) in [6.45, 7) is 0.144. The molecule has 2 amide bonds. The summed E-state index contributed by atoms with van der Waals surface area (Å²) in [6.07, 6.45) is 0.137. The molecule has 0 spiro atoms. The first kappa shape index (κ1) is 19.7. The minimum atomic E-state index is -0.733. The van der Waals surface area contributed by atoms with E-state index in [1.807, 2.05) is 0 Å². The van der Waals surface area contributed by atoms with Gasteiger partial charge in [0.25, 0.3) is 5.91 Å². The quantitative estimate of drug-likeness (QED) is 0.688. The number of hydrogen-bond acceptors (Lipinski definition) is 2. The van der Waals surface area contributed by atoms with Crippen LogP contribution in [0.1, 0.15) is 27.0 Å². The summed E-state index contributed by atoms with van der Waals surface area (Å²) in [7, 11) is 0. The van der Waals surface area contributed by atoms with E-state index >= 15 is 0 Å². The van der Waals surface area contributed by atoms with Crippen LogP contribution in [0.2, 0.25) is 0 Å². The second-order valence-electron chi connectivity index (χ2n) is 7.05. The number of rotatable bonds is 5. The van der Waals surface area contributed by atoms with Crippen molar-refractivity contribution in [2.45, 2.75) is 19.5 Å². The zero-order valence-corrected chi connectivity index (χ0v) is 15.8. The molecule has 0 saturated carbocycles. The molecule has 1 heterocycles. The van der Waals surface area contributed by atoms with Gasteiger partial charge in [0.15, 0.2) is 0 Å². The number of carbonyl (C=O) groups excluding carboxylic acids is 2. The molecule has 3 aromatic rings. The van der Waals surface area contributed by atoms with Gasteiger partial charge in [-0.3, -0.25) is 9.59 Å². The van der Waals surface area contributed by atoms with E-state index in [0.29, 0.717) is 22.4 Å². The molecule has 4 nitrogen and oxygen atoms in total. The molecule has 152 valence electrons. The number of fused-ring (bicyclic) bond motifs is 1. The van der Waals surface area contributed by atoms with Crippen LogP contribution in [-0.2, 0) is 24.3 Å². The van der Waals surface area contributed by atoms with E-state index in [-0.39, 0.29) is 36.8 Å². The first-order chi connectivity index (χ1) is 14.4. The van der Waals surface area contributed by atoms with Crippen molar-refractivity contribution in [1.82, 2.24) is 5.32 Å². The van der Waals surface area contributed by atoms with Crippen LogP contribution in [-0.4, -0.2) is 11.8 Å². The van der Waals surface area contributed by atoms with E-state index in [1.54, 1.807) is 35.2 Å². The first-order valence-electron chi connectivity index (χ1n) is 9.30. The Kier molecular flexibility index (Phi) is 5.27. The molecule has 0 aliphatic carbocycles. The summed E-state index contributed by atoms with van der Waals surface area (Å²) in [6, 6.07) is 14.1. The SMILES string of the molecule is O=C(NCc1ccc(F)cc1F)c1ccc2c(c1)CC(=O)N2Cc1cccc(F)c1. The van der Waals surface area contributed by atoms with Crippen LogP contribution in [0.4, 0.5) is 18.9 Å². The monoisotopic (exact) mass is 410 g/mol. The van der Waals surface area contributed by atoms with Crippen LogP contribution in [0, 0.1) is 17.5 Å². The summed E-state index contributed by atoms with van der Waals surface area (Å²) in [5, 5.41) is 2.59. The lowest BCUT2D eigenvalue weighted by Crippen LogP contribution is -2.26. The van der Waals surface area contributed by atoms with Gasteiger partial charge in [0.05, 0.1) is 13.0 Å². The van der Waals surface area contributed by atoms with Crippen molar-refractivity contribution < 1.29 is 22.8 Å². The van der Waals surface area contributed by atoms with E-state index in [1.165, 1.54) is 18.2 Å². The Balaban J connectivity index is 1.48. The van der Waals surface area contributed by atoms with Gasteiger partial charge in [-0.25, -0.2) is 13.2 Å². The second kappa shape index (κ2) is 8.02. The van der Waals surface area contributed by atoms with Crippen molar-refractivity contribution in [2.24, 2.45) is 0 Å². The van der Waals surface area contributed by atoms with Crippen molar-refractivity contribution in [3.63, 3.8) is 0 Å². The maximum Gasteiger partial charge on any atom is 0.251 e. The highest BCUT2D eigenvalue weighted by Crippen LogP contribution is 2.31. The zero-order valence-electron chi connectivity index (χ0n) is 15.8. The molecule has 1 aliphatic heterocycles. The molecule has 0 atom stereocenters. The lowest BCUT2D eigenvalue weighted by Gasteiger charge is -2.18. The Hall–Kier alpha value is -3.61. The predicted molar refractivity (Wildman–Crippen MR) is 105 cm³/mol. The van der Waals surface area contributed by atoms with Gasteiger partial charge in [-0.05, 0) is 47.5 Å². The first-order valence-corrected chi connectivity index (χ1v) is 9.30. The average Bonchev–Trinajstić information content (AvgIpc) is 3.01. The number of amides is 2. The van der Waals surface area contributed by atoms with Crippen molar-refractivity contribution in [3.05, 3.63) is 100 Å². The minimum absolute atomic E-state index is 0.0906. The third-order valence-corrected chi connectivity index (χ3v) is 4.96. The van der Waals surface area contributed by atoms with Crippen LogP contribution < -0.4 is 10.2 Å². The van der Waals surface area contributed by atoms with Gasteiger partial charge in [-0.15, -0.1) is 0 Å². The zero-order chi connectivity index (χ0) is 21.3. The van der Waals surface area contributed by atoms with E-state index in [2.05, 4.69) is 5.32 Å². The van der Waals surface area contributed by atoms with Crippen molar-refractivity contribution in [1.29, 1.82) is 0 Å². The molecule has 7 heteroatoms. The summed E-state index contributed by atoms with van der Waals surface area (Å²) in [5.74, 6) is -2.36. The highest BCUT2D eigenvalue weighted by Gasteiger charge is 2.28. The Morgan fingerprint density at radius 2 is 1.77 bits per heavy atom. The molecule has 0 saturated heterocycles. The molecule has 3 aromatic carbocycles. The van der Waals surface area contributed by atoms with Gasteiger partial charge in [0, 0.05) is 29.4 Å². The molecule has 1 N–H and O–H groups in total. The fourth-order valence-electron chi connectivity index (χ4n) is 3.46. The topological polar surface area (TPSA) is 49.4 Å². The van der Waals surface area contributed by atoms with Gasteiger partial charge in [-0.2, -0.15) is 0 Å².